The van der Waals surface area contributed by atoms with Crippen LogP contribution in [0.3, 0.4) is 0 Å². The molecule has 0 bridgehead atoms. The fourth-order valence-corrected chi connectivity index (χ4v) is 2.87. The third-order valence-corrected chi connectivity index (χ3v) is 4.12. The molecule has 0 spiro atoms. The molecular weight excluding hydrogens is 308 g/mol. The molecule has 128 valence electrons. The molecule has 8 nitrogen and oxygen atoms in total. The Morgan fingerprint density at radius 2 is 2.04 bits per heavy atom. The van der Waals surface area contributed by atoms with Crippen LogP contribution in [0.5, 0.6) is 0 Å². The summed E-state index contributed by atoms with van der Waals surface area (Å²) in [6.45, 7) is 7.71. The number of aryl methyl sites for hydroxylation is 1. The van der Waals surface area contributed by atoms with E-state index >= 15 is 0 Å². The van der Waals surface area contributed by atoms with E-state index in [9.17, 15) is 4.79 Å². The highest BCUT2D eigenvalue weighted by Gasteiger charge is 2.19. The van der Waals surface area contributed by atoms with Crippen LogP contribution in [-0.4, -0.2) is 70.2 Å². The van der Waals surface area contributed by atoms with E-state index < -0.39 is 0 Å². The van der Waals surface area contributed by atoms with Gasteiger partial charge in [0.25, 0.3) is 0 Å². The van der Waals surface area contributed by atoms with Crippen LogP contribution < -0.4 is 10.2 Å². The van der Waals surface area contributed by atoms with Gasteiger partial charge in [0, 0.05) is 45.0 Å². The largest absolute Gasteiger partial charge is 0.395 e. The quantitative estimate of drug-likeness (QED) is 0.838. The first-order valence-electron chi connectivity index (χ1n) is 8.07. The summed E-state index contributed by atoms with van der Waals surface area (Å²) in [6.07, 6.45) is 1.61. The monoisotopic (exact) mass is 330 g/mol. The number of anilines is 2. The molecule has 1 aliphatic heterocycles. The molecule has 3 heterocycles. The van der Waals surface area contributed by atoms with Gasteiger partial charge in [-0.05, 0) is 13.0 Å². The first-order valence-corrected chi connectivity index (χ1v) is 8.07. The second-order valence-corrected chi connectivity index (χ2v) is 5.94. The fourth-order valence-electron chi connectivity index (χ4n) is 2.87. The summed E-state index contributed by atoms with van der Waals surface area (Å²) in [5, 5.41) is 12.6. The van der Waals surface area contributed by atoms with Crippen molar-refractivity contribution in [2.24, 2.45) is 0 Å². The molecule has 0 radical (unpaired) electrons. The zero-order valence-electron chi connectivity index (χ0n) is 14.0. The lowest BCUT2D eigenvalue weighted by atomic mass is 10.2. The first kappa shape index (κ1) is 16.5. The van der Waals surface area contributed by atoms with Crippen LogP contribution in [-0.2, 0) is 4.79 Å². The van der Waals surface area contributed by atoms with Crippen molar-refractivity contribution in [3.8, 4) is 0 Å². The number of aliphatic hydroxyl groups excluding tert-OH is 1. The molecule has 1 amide bonds. The Labute approximate surface area is 140 Å². The minimum Gasteiger partial charge on any atom is -0.395 e. The van der Waals surface area contributed by atoms with E-state index in [-0.39, 0.29) is 12.5 Å². The molecule has 24 heavy (non-hydrogen) atoms. The minimum absolute atomic E-state index is 0.132. The number of aromatic nitrogens is 3. The SMILES string of the molecule is CC(=O)Nc1cnc2nc(N3CCN(CCO)CC3)nc(C)c2c1. The van der Waals surface area contributed by atoms with Crippen molar-refractivity contribution in [1.82, 2.24) is 19.9 Å². The first-order chi connectivity index (χ1) is 11.6. The van der Waals surface area contributed by atoms with Crippen molar-refractivity contribution in [3.63, 3.8) is 0 Å². The second kappa shape index (κ2) is 7.06. The summed E-state index contributed by atoms with van der Waals surface area (Å²) in [5.41, 5.74) is 2.11. The van der Waals surface area contributed by atoms with Crippen molar-refractivity contribution < 1.29 is 9.90 Å². The van der Waals surface area contributed by atoms with Gasteiger partial charge in [-0.15, -0.1) is 0 Å². The summed E-state index contributed by atoms with van der Waals surface area (Å²) in [5.74, 6) is 0.551. The molecule has 8 heteroatoms. The number of nitrogens with one attached hydrogen (secondary N) is 1. The zero-order chi connectivity index (χ0) is 17.1. The number of carbonyl (C=O) groups excluding carboxylic acids is 1. The van der Waals surface area contributed by atoms with Gasteiger partial charge in [-0.2, -0.15) is 4.98 Å². The number of pyridine rings is 1. The summed E-state index contributed by atoms with van der Waals surface area (Å²) in [7, 11) is 0. The number of nitrogens with zero attached hydrogens (tertiary/aromatic N) is 5. The number of amides is 1. The third-order valence-electron chi connectivity index (χ3n) is 4.12. The molecule has 1 fully saturated rings. The van der Waals surface area contributed by atoms with Crippen LogP contribution in [0.1, 0.15) is 12.6 Å². The number of hydrogen-bond acceptors (Lipinski definition) is 7. The lowest BCUT2D eigenvalue weighted by molar-refractivity contribution is -0.114. The van der Waals surface area contributed by atoms with Crippen molar-refractivity contribution >= 4 is 28.6 Å². The highest BCUT2D eigenvalue weighted by Crippen LogP contribution is 2.21. The highest BCUT2D eigenvalue weighted by atomic mass is 16.3. The molecule has 0 unspecified atom stereocenters. The number of rotatable bonds is 4. The molecular formula is C16H22N6O2. The Morgan fingerprint density at radius 3 is 2.71 bits per heavy atom. The van der Waals surface area contributed by atoms with Crippen molar-refractivity contribution in [3.05, 3.63) is 18.0 Å². The average Bonchev–Trinajstić information content (AvgIpc) is 2.56. The molecule has 3 rings (SSSR count). The number of fused-ring (bicyclic) bond motifs is 1. The predicted molar refractivity (Wildman–Crippen MR) is 92.1 cm³/mol. The molecule has 0 saturated carbocycles. The highest BCUT2D eigenvalue weighted by molar-refractivity contribution is 5.91. The van der Waals surface area contributed by atoms with E-state index in [1.807, 2.05) is 13.0 Å². The van der Waals surface area contributed by atoms with Crippen LogP contribution in [0.15, 0.2) is 12.3 Å². The van der Waals surface area contributed by atoms with E-state index in [1.165, 1.54) is 6.92 Å². The molecule has 2 N–H and O–H groups in total. The molecule has 2 aromatic heterocycles. The van der Waals surface area contributed by atoms with E-state index in [0.29, 0.717) is 23.8 Å². The van der Waals surface area contributed by atoms with Crippen molar-refractivity contribution in [2.45, 2.75) is 13.8 Å². The number of carbonyl (C=O) groups is 1. The van der Waals surface area contributed by atoms with Gasteiger partial charge in [-0.1, -0.05) is 0 Å². The van der Waals surface area contributed by atoms with Crippen LogP contribution >= 0.6 is 0 Å². The van der Waals surface area contributed by atoms with Gasteiger partial charge >= 0.3 is 0 Å². The summed E-state index contributed by atoms with van der Waals surface area (Å²) in [6, 6.07) is 1.85. The molecule has 0 aliphatic carbocycles. The van der Waals surface area contributed by atoms with Crippen LogP contribution in [0.25, 0.3) is 11.0 Å². The lowest BCUT2D eigenvalue weighted by Crippen LogP contribution is -2.47. The molecule has 1 saturated heterocycles. The minimum atomic E-state index is -0.132. The zero-order valence-corrected chi connectivity index (χ0v) is 14.0. The van der Waals surface area contributed by atoms with E-state index in [4.69, 9.17) is 5.11 Å². The standard InChI is InChI=1S/C16H22N6O2/c1-11-14-9-13(19-12(2)24)10-17-15(14)20-16(18-11)22-5-3-21(4-6-22)7-8-23/h9-10,23H,3-8H2,1-2H3,(H,19,24). The second-order valence-electron chi connectivity index (χ2n) is 5.94. The van der Waals surface area contributed by atoms with E-state index in [2.05, 4.69) is 30.1 Å². The smallest absolute Gasteiger partial charge is 0.227 e. The van der Waals surface area contributed by atoms with Crippen LogP contribution in [0.2, 0.25) is 0 Å². The normalized spacial score (nSPS) is 15.7. The molecule has 2 aromatic rings. The Balaban J connectivity index is 1.82. The van der Waals surface area contributed by atoms with Crippen LogP contribution in [0, 0.1) is 6.92 Å². The van der Waals surface area contributed by atoms with E-state index in [0.717, 1.165) is 37.3 Å². The Kier molecular flexibility index (Phi) is 4.86. The number of β-amino-alcohol motifs (C(OH)–C–C–N with tert-alkyl or cyclic N) is 1. The lowest BCUT2D eigenvalue weighted by Gasteiger charge is -2.34. The summed E-state index contributed by atoms with van der Waals surface area (Å²) in [4.78, 5) is 29.1. The average molecular weight is 330 g/mol. The topological polar surface area (TPSA) is 94.5 Å². The third kappa shape index (κ3) is 3.60. The van der Waals surface area contributed by atoms with Gasteiger partial charge in [0.2, 0.25) is 11.9 Å². The maximum atomic E-state index is 11.2. The fraction of sp³-hybridized carbons (Fsp3) is 0.500. The van der Waals surface area contributed by atoms with Gasteiger partial charge in [-0.25, -0.2) is 9.97 Å². The molecule has 0 aromatic carbocycles. The Bertz CT molecular complexity index is 743. The Hall–Kier alpha value is -2.32. The van der Waals surface area contributed by atoms with Gasteiger partial charge in [0.05, 0.1) is 24.2 Å². The number of hydrogen-bond donors (Lipinski definition) is 2. The summed E-state index contributed by atoms with van der Waals surface area (Å²) >= 11 is 0. The van der Waals surface area contributed by atoms with Crippen LogP contribution in [0.4, 0.5) is 11.6 Å². The predicted octanol–water partition coefficient (Wildman–Crippen LogP) is 0.406. The van der Waals surface area contributed by atoms with E-state index in [1.54, 1.807) is 6.20 Å². The Morgan fingerprint density at radius 1 is 1.29 bits per heavy atom. The molecule has 1 aliphatic rings. The molecule has 0 atom stereocenters. The maximum absolute atomic E-state index is 11.2. The summed E-state index contributed by atoms with van der Waals surface area (Å²) < 4.78 is 0. The van der Waals surface area contributed by atoms with Gasteiger partial charge in [0.15, 0.2) is 5.65 Å². The maximum Gasteiger partial charge on any atom is 0.227 e. The van der Waals surface area contributed by atoms with Crippen molar-refractivity contribution in [2.75, 3.05) is 49.5 Å². The van der Waals surface area contributed by atoms with Gasteiger partial charge in [-0.3, -0.25) is 9.69 Å². The van der Waals surface area contributed by atoms with Gasteiger partial charge in [0.1, 0.15) is 0 Å². The van der Waals surface area contributed by atoms with Gasteiger partial charge < -0.3 is 15.3 Å². The number of piperazine rings is 1. The number of aliphatic hydroxyl groups is 1. The van der Waals surface area contributed by atoms with Crippen molar-refractivity contribution in [1.29, 1.82) is 0 Å².